The van der Waals surface area contributed by atoms with E-state index in [2.05, 4.69) is 42.4 Å². The minimum absolute atomic E-state index is 0.176. The van der Waals surface area contributed by atoms with Crippen LogP contribution in [0.25, 0.3) is 39.0 Å². The Morgan fingerprint density at radius 1 is 1.00 bits per heavy atom. The molecule has 10 nitrogen and oxygen atoms in total. The van der Waals surface area contributed by atoms with Gasteiger partial charge in [0.2, 0.25) is 0 Å². The minimum Gasteiger partial charge on any atom is -0.378 e. The summed E-state index contributed by atoms with van der Waals surface area (Å²) in [6.07, 6.45) is 8.67. The van der Waals surface area contributed by atoms with Gasteiger partial charge in [0, 0.05) is 58.8 Å². The summed E-state index contributed by atoms with van der Waals surface area (Å²) in [4.78, 5) is 27.7. The molecule has 0 saturated carbocycles. The van der Waals surface area contributed by atoms with Crippen LogP contribution >= 0.6 is 11.6 Å². The van der Waals surface area contributed by atoms with Crippen LogP contribution < -0.4 is 10.6 Å². The summed E-state index contributed by atoms with van der Waals surface area (Å²) in [5.41, 5.74) is 7.87. The number of aromatic nitrogens is 5. The van der Waals surface area contributed by atoms with Crippen LogP contribution in [0.3, 0.4) is 0 Å². The molecule has 0 aliphatic carbocycles. The lowest BCUT2D eigenvalue weighted by atomic mass is 10.0. The van der Waals surface area contributed by atoms with Gasteiger partial charge in [0.05, 0.1) is 48.4 Å². The van der Waals surface area contributed by atoms with Gasteiger partial charge in [-0.3, -0.25) is 15.1 Å². The van der Waals surface area contributed by atoms with E-state index in [-0.39, 0.29) is 6.03 Å². The van der Waals surface area contributed by atoms with Gasteiger partial charge >= 0.3 is 6.03 Å². The van der Waals surface area contributed by atoms with Gasteiger partial charge in [-0.15, -0.1) is 0 Å². The number of ether oxygens (including phenoxy) is 1. The molecule has 0 atom stereocenters. The second-order valence-electron chi connectivity index (χ2n) is 9.66. The Kier molecular flexibility index (Phi) is 7.32. The van der Waals surface area contributed by atoms with Crippen LogP contribution in [0.2, 0.25) is 5.02 Å². The third-order valence-electron chi connectivity index (χ3n) is 6.97. The molecule has 1 saturated heterocycles. The fraction of sp³-hybridized carbons (Fsp3) is 0.167. The van der Waals surface area contributed by atoms with E-state index in [1.54, 1.807) is 29.7 Å². The highest BCUT2D eigenvalue weighted by molar-refractivity contribution is 6.30. The largest absolute Gasteiger partial charge is 0.378 e. The monoisotopic (exact) mass is 566 g/mol. The molecule has 1 aliphatic heterocycles. The zero-order valence-electron chi connectivity index (χ0n) is 22.3. The normalized spacial score (nSPS) is 13.3. The summed E-state index contributed by atoms with van der Waals surface area (Å²) in [5, 5.41) is 15.2. The Morgan fingerprint density at radius 3 is 2.63 bits per heavy atom. The quantitative estimate of drug-likeness (QED) is 0.231. The van der Waals surface area contributed by atoms with Gasteiger partial charge in [-0.2, -0.15) is 5.10 Å². The Balaban J connectivity index is 1.24. The molecular formula is C30H27ClN8O2. The average molecular weight is 567 g/mol. The third kappa shape index (κ3) is 5.60. The molecule has 2 amide bonds. The Labute approximate surface area is 241 Å². The lowest BCUT2D eigenvalue weighted by molar-refractivity contribution is 0.0564. The smallest absolute Gasteiger partial charge is 0.322 e. The predicted octanol–water partition coefficient (Wildman–Crippen LogP) is 5.99. The van der Waals surface area contributed by atoms with E-state index in [0.717, 1.165) is 38.9 Å². The van der Waals surface area contributed by atoms with Crippen molar-refractivity contribution in [3.8, 4) is 22.3 Å². The van der Waals surface area contributed by atoms with Crippen molar-refractivity contribution < 1.29 is 9.53 Å². The van der Waals surface area contributed by atoms with Crippen molar-refractivity contribution in [2.75, 3.05) is 36.9 Å². The van der Waals surface area contributed by atoms with Gasteiger partial charge < -0.3 is 20.3 Å². The molecular weight excluding hydrogens is 540 g/mol. The van der Waals surface area contributed by atoms with E-state index in [1.165, 1.54) is 0 Å². The topological polar surface area (TPSA) is 121 Å². The zero-order chi connectivity index (χ0) is 28.3. The summed E-state index contributed by atoms with van der Waals surface area (Å²) in [6, 6.07) is 11.4. The van der Waals surface area contributed by atoms with Crippen LogP contribution in [0.1, 0.15) is 11.3 Å². The molecule has 11 heteroatoms. The first kappa shape index (κ1) is 26.4. The number of nitrogens with zero attached hydrogens (tertiary/aromatic N) is 5. The molecule has 5 aromatic rings. The van der Waals surface area contributed by atoms with Crippen LogP contribution in [0, 0.1) is 6.92 Å². The van der Waals surface area contributed by atoms with Crippen LogP contribution in [0.5, 0.6) is 0 Å². The molecule has 0 radical (unpaired) electrons. The number of aromatic amines is 1. The second kappa shape index (κ2) is 11.4. The van der Waals surface area contributed by atoms with Crippen LogP contribution in [-0.2, 0) is 4.74 Å². The van der Waals surface area contributed by atoms with Gasteiger partial charge in [-0.1, -0.05) is 30.3 Å². The number of hydrogen-bond acceptors (Lipinski definition) is 7. The van der Waals surface area contributed by atoms with Gasteiger partial charge in [0.1, 0.15) is 0 Å². The maximum atomic E-state index is 12.6. The number of halogens is 1. The molecule has 1 fully saturated rings. The van der Waals surface area contributed by atoms with Crippen molar-refractivity contribution in [1.29, 1.82) is 0 Å². The number of nitrogens with one attached hydrogen (secondary N) is 3. The molecule has 6 rings (SSSR count). The number of carbonyl (C=O) groups excluding carboxylic acids is 1. The number of benzene rings is 1. The average Bonchev–Trinajstić information content (AvgIpc) is 3.42. The van der Waals surface area contributed by atoms with Crippen LogP contribution in [0.15, 0.2) is 74.0 Å². The minimum atomic E-state index is -0.176. The predicted molar refractivity (Wildman–Crippen MR) is 161 cm³/mol. The SMILES string of the molecule is C=C(Nc1cncc(-c2cccc(Cl)c2)c1C)c1[nH]nc2ncc(-c3cncc(NC(=O)N4CCOCC4)c3)cc12. The van der Waals surface area contributed by atoms with Crippen molar-refractivity contribution in [2.24, 2.45) is 0 Å². The lowest BCUT2D eigenvalue weighted by Gasteiger charge is -2.26. The van der Waals surface area contributed by atoms with Crippen molar-refractivity contribution in [3.05, 3.63) is 90.2 Å². The number of morpholine rings is 1. The summed E-state index contributed by atoms with van der Waals surface area (Å²) in [7, 11) is 0. The fourth-order valence-electron chi connectivity index (χ4n) is 4.75. The molecule has 0 unspecified atom stereocenters. The Morgan fingerprint density at radius 2 is 1.80 bits per heavy atom. The molecule has 4 aromatic heterocycles. The van der Waals surface area contributed by atoms with Gasteiger partial charge in [-0.25, -0.2) is 9.78 Å². The number of amides is 2. The molecule has 1 aliphatic rings. The van der Waals surface area contributed by atoms with Crippen molar-refractivity contribution in [1.82, 2.24) is 30.0 Å². The molecule has 5 heterocycles. The van der Waals surface area contributed by atoms with E-state index < -0.39 is 0 Å². The van der Waals surface area contributed by atoms with E-state index in [1.807, 2.05) is 49.5 Å². The van der Waals surface area contributed by atoms with E-state index in [0.29, 0.717) is 54.1 Å². The number of pyridine rings is 3. The highest BCUT2D eigenvalue weighted by Gasteiger charge is 2.18. The molecule has 0 bridgehead atoms. The number of urea groups is 1. The summed E-state index contributed by atoms with van der Waals surface area (Å²) in [5.74, 6) is 0. The first-order chi connectivity index (χ1) is 20.0. The van der Waals surface area contributed by atoms with Gasteiger partial charge in [0.25, 0.3) is 0 Å². The molecule has 1 aromatic carbocycles. The summed E-state index contributed by atoms with van der Waals surface area (Å²) in [6.45, 7) is 8.47. The maximum absolute atomic E-state index is 12.6. The highest BCUT2D eigenvalue weighted by Crippen LogP contribution is 2.32. The number of rotatable bonds is 6. The first-order valence-corrected chi connectivity index (χ1v) is 13.4. The first-order valence-electron chi connectivity index (χ1n) is 13.1. The molecule has 3 N–H and O–H groups in total. The highest BCUT2D eigenvalue weighted by atomic mass is 35.5. The summed E-state index contributed by atoms with van der Waals surface area (Å²) < 4.78 is 5.33. The van der Waals surface area contributed by atoms with Crippen LogP contribution in [0.4, 0.5) is 16.2 Å². The standard InChI is InChI=1S/C30H27ClN8O2/c1-18-26(20-4-3-5-23(31)10-20)16-33-17-27(18)35-19(2)28-25-12-22(14-34-29(25)38-37-28)21-11-24(15-32-13-21)36-30(40)39-6-8-41-9-7-39/h3-5,10-17,35H,2,6-9H2,1H3,(H,36,40)(H,34,37,38). The number of fused-ring (bicyclic) bond motifs is 1. The Hall–Kier alpha value is -4.80. The van der Waals surface area contributed by atoms with Gasteiger partial charge in [-0.05, 0) is 42.3 Å². The van der Waals surface area contributed by atoms with Crippen molar-refractivity contribution in [3.63, 3.8) is 0 Å². The van der Waals surface area contributed by atoms with Crippen LogP contribution in [-0.4, -0.2) is 62.4 Å². The number of carbonyl (C=O) groups is 1. The molecule has 206 valence electrons. The molecule has 41 heavy (non-hydrogen) atoms. The Bertz CT molecular complexity index is 1760. The lowest BCUT2D eigenvalue weighted by Crippen LogP contribution is -2.43. The maximum Gasteiger partial charge on any atom is 0.322 e. The van der Waals surface area contributed by atoms with Crippen molar-refractivity contribution >= 4 is 45.7 Å². The second-order valence-corrected chi connectivity index (χ2v) is 10.1. The number of hydrogen-bond donors (Lipinski definition) is 3. The number of H-pyrrole nitrogens is 1. The number of anilines is 2. The van der Waals surface area contributed by atoms with E-state index in [9.17, 15) is 4.79 Å². The molecule has 0 spiro atoms. The van der Waals surface area contributed by atoms with Gasteiger partial charge in [0.15, 0.2) is 5.65 Å². The zero-order valence-corrected chi connectivity index (χ0v) is 23.1. The van der Waals surface area contributed by atoms with E-state index in [4.69, 9.17) is 16.3 Å². The van der Waals surface area contributed by atoms with Crippen molar-refractivity contribution in [2.45, 2.75) is 6.92 Å². The summed E-state index contributed by atoms with van der Waals surface area (Å²) >= 11 is 6.22. The fourth-order valence-corrected chi connectivity index (χ4v) is 4.94. The van der Waals surface area contributed by atoms with E-state index >= 15 is 0 Å². The third-order valence-corrected chi connectivity index (χ3v) is 7.20.